The van der Waals surface area contributed by atoms with Gasteiger partial charge in [-0.2, -0.15) is 0 Å². The van der Waals surface area contributed by atoms with E-state index in [9.17, 15) is 5.11 Å². The minimum absolute atomic E-state index is 0.221. The highest BCUT2D eigenvalue weighted by Gasteiger charge is 2.25. The predicted octanol–water partition coefficient (Wildman–Crippen LogP) is 0.129. The molecular formula is C9H12N2O. The molecule has 2 N–H and O–H groups in total. The molecule has 3 nitrogen and oxygen atoms in total. The molecule has 2 rings (SSSR count). The molecule has 2 heterocycles. The second-order valence-corrected chi connectivity index (χ2v) is 3.12. The third-order valence-corrected chi connectivity index (χ3v) is 2.29. The highest BCUT2D eigenvalue weighted by atomic mass is 16.3. The first-order valence-electron chi connectivity index (χ1n) is 4.16. The fourth-order valence-electron chi connectivity index (χ4n) is 1.60. The van der Waals surface area contributed by atoms with Crippen molar-refractivity contribution in [2.75, 3.05) is 13.1 Å². The van der Waals surface area contributed by atoms with Gasteiger partial charge >= 0.3 is 0 Å². The number of rotatable bonds is 1. The molecule has 1 saturated heterocycles. The van der Waals surface area contributed by atoms with Gasteiger partial charge in [0.05, 0.1) is 6.10 Å². The maximum atomic E-state index is 9.55. The largest absolute Gasteiger partial charge is 0.391 e. The first kappa shape index (κ1) is 7.71. The smallest absolute Gasteiger partial charge is 0.0745 e. The third-order valence-electron chi connectivity index (χ3n) is 2.29. The van der Waals surface area contributed by atoms with Crippen LogP contribution in [0.15, 0.2) is 24.5 Å². The number of β-amino-alcohol motifs (C(OH)–C–C–N with tert-alkyl or cyclic N) is 1. The molecular weight excluding hydrogens is 152 g/mol. The Morgan fingerprint density at radius 3 is 3.00 bits per heavy atom. The molecule has 3 heteroatoms. The Bertz CT molecular complexity index is 250. The maximum absolute atomic E-state index is 9.55. The van der Waals surface area contributed by atoms with Crippen LogP contribution in [-0.4, -0.2) is 29.3 Å². The molecule has 0 amide bonds. The summed E-state index contributed by atoms with van der Waals surface area (Å²) >= 11 is 0. The van der Waals surface area contributed by atoms with Crippen molar-refractivity contribution in [1.82, 2.24) is 10.3 Å². The van der Waals surface area contributed by atoms with E-state index in [1.165, 1.54) is 0 Å². The molecule has 1 fully saturated rings. The van der Waals surface area contributed by atoms with Crippen molar-refractivity contribution in [2.24, 2.45) is 0 Å². The van der Waals surface area contributed by atoms with Crippen LogP contribution in [0.25, 0.3) is 0 Å². The number of aliphatic hydroxyl groups is 1. The van der Waals surface area contributed by atoms with Crippen molar-refractivity contribution in [3.05, 3.63) is 30.1 Å². The molecule has 1 aromatic heterocycles. The molecule has 64 valence electrons. The van der Waals surface area contributed by atoms with Gasteiger partial charge in [-0.25, -0.2) is 0 Å². The van der Waals surface area contributed by atoms with Crippen molar-refractivity contribution in [3.8, 4) is 0 Å². The number of nitrogens with zero attached hydrogens (tertiary/aromatic N) is 1. The van der Waals surface area contributed by atoms with E-state index in [2.05, 4.69) is 10.3 Å². The monoisotopic (exact) mass is 164 g/mol. The van der Waals surface area contributed by atoms with Gasteiger partial charge in [0.25, 0.3) is 0 Å². The highest BCUT2D eigenvalue weighted by Crippen LogP contribution is 2.21. The number of nitrogens with one attached hydrogen (secondary N) is 1. The van der Waals surface area contributed by atoms with Crippen molar-refractivity contribution < 1.29 is 5.11 Å². The maximum Gasteiger partial charge on any atom is 0.0745 e. The topological polar surface area (TPSA) is 45.1 Å². The van der Waals surface area contributed by atoms with Crippen LogP contribution >= 0.6 is 0 Å². The van der Waals surface area contributed by atoms with Crippen LogP contribution in [0.5, 0.6) is 0 Å². The molecule has 0 saturated carbocycles. The summed E-state index contributed by atoms with van der Waals surface area (Å²) in [7, 11) is 0. The van der Waals surface area contributed by atoms with Gasteiger partial charge in [-0.15, -0.1) is 0 Å². The van der Waals surface area contributed by atoms with Gasteiger partial charge < -0.3 is 10.4 Å². The number of aliphatic hydroxyl groups excluding tert-OH is 1. The highest BCUT2D eigenvalue weighted by molar-refractivity contribution is 5.18. The Labute approximate surface area is 71.4 Å². The van der Waals surface area contributed by atoms with Crippen molar-refractivity contribution in [3.63, 3.8) is 0 Å². The summed E-state index contributed by atoms with van der Waals surface area (Å²) in [6, 6.07) is 3.91. The van der Waals surface area contributed by atoms with Crippen LogP contribution in [0.2, 0.25) is 0 Å². The van der Waals surface area contributed by atoms with E-state index in [4.69, 9.17) is 0 Å². The van der Waals surface area contributed by atoms with Gasteiger partial charge in [-0.3, -0.25) is 4.98 Å². The fourth-order valence-corrected chi connectivity index (χ4v) is 1.60. The summed E-state index contributed by atoms with van der Waals surface area (Å²) in [6.07, 6.45) is 3.31. The van der Waals surface area contributed by atoms with Gasteiger partial charge in [-0.05, 0) is 11.6 Å². The first-order chi connectivity index (χ1) is 5.88. The lowest BCUT2D eigenvalue weighted by molar-refractivity contribution is 0.177. The average molecular weight is 164 g/mol. The SMILES string of the molecule is O[C@@H]1CNC[C@H]1c1cccnc1. The Morgan fingerprint density at radius 2 is 2.42 bits per heavy atom. The van der Waals surface area contributed by atoms with Crippen molar-refractivity contribution in [1.29, 1.82) is 0 Å². The second-order valence-electron chi connectivity index (χ2n) is 3.12. The molecule has 2 atom stereocenters. The summed E-state index contributed by atoms with van der Waals surface area (Å²) in [5, 5.41) is 12.7. The van der Waals surface area contributed by atoms with Crippen molar-refractivity contribution in [2.45, 2.75) is 12.0 Å². The molecule has 0 aliphatic carbocycles. The lowest BCUT2D eigenvalue weighted by Crippen LogP contribution is -2.16. The minimum Gasteiger partial charge on any atom is -0.391 e. The Hall–Kier alpha value is -0.930. The summed E-state index contributed by atoms with van der Waals surface area (Å²) in [4.78, 5) is 4.02. The lowest BCUT2D eigenvalue weighted by atomic mass is 9.98. The summed E-state index contributed by atoms with van der Waals surface area (Å²) in [6.45, 7) is 1.55. The molecule has 0 aromatic carbocycles. The zero-order valence-corrected chi connectivity index (χ0v) is 6.77. The molecule has 1 aliphatic rings. The van der Waals surface area contributed by atoms with Crippen LogP contribution < -0.4 is 5.32 Å². The van der Waals surface area contributed by atoms with Gasteiger partial charge in [0, 0.05) is 31.4 Å². The van der Waals surface area contributed by atoms with Gasteiger partial charge in [0.1, 0.15) is 0 Å². The van der Waals surface area contributed by atoms with E-state index in [1.54, 1.807) is 6.20 Å². The van der Waals surface area contributed by atoms with Crippen molar-refractivity contribution >= 4 is 0 Å². The predicted molar refractivity (Wildman–Crippen MR) is 45.9 cm³/mol. The lowest BCUT2D eigenvalue weighted by Gasteiger charge is -2.12. The first-order valence-corrected chi connectivity index (χ1v) is 4.16. The normalized spacial score (nSPS) is 29.1. The quantitative estimate of drug-likeness (QED) is 0.620. The van der Waals surface area contributed by atoms with Crippen LogP contribution in [0.4, 0.5) is 0 Å². The summed E-state index contributed by atoms with van der Waals surface area (Å²) in [5.74, 6) is 0.221. The zero-order chi connectivity index (χ0) is 8.39. The standard InChI is InChI=1S/C9H12N2O/c12-9-6-11-5-8(9)7-2-1-3-10-4-7/h1-4,8-9,11-12H,5-6H2/t8-,9+/m0/s1. The summed E-state index contributed by atoms with van der Waals surface area (Å²) in [5.41, 5.74) is 1.12. The molecule has 1 aliphatic heterocycles. The molecule has 12 heavy (non-hydrogen) atoms. The number of hydrogen-bond acceptors (Lipinski definition) is 3. The van der Waals surface area contributed by atoms with Crippen LogP contribution in [0, 0.1) is 0 Å². The van der Waals surface area contributed by atoms with E-state index in [0.29, 0.717) is 6.54 Å². The Morgan fingerprint density at radius 1 is 1.50 bits per heavy atom. The Kier molecular flexibility index (Phi) is 2.06. The molecule has 0 unspecified atom stereocenters. The van der Waals surface area contributed by atoms with E-state index in [-0.39, 0.29) is 12.0 Å². The Balaban J connectivity index is 2.19. The number of pyridine rings is 1. The van der Waals surface area contributed by atoms with E-state index < -0.39 is 0 Å². The van der Waals surface area contributed by atoms with Crippen LogP contribution in [0.1, 0.15) is 11.5 Å². The van der Waals surface area contributed by atoms with Gasteiger partial charge in [0.2, 0.25) is 0 Å². The van der Waals surface area contributed by atoms with Gasteiger partial charge in [-0.1, -0.05) is 6.07 Å². The van der Waals surface area contributed by atoms with E-state index in [1.807, 2.05) is 18.3 Å². The third kappa shape index (κ3) is 1.33. The zero-order valence-electron chi connectivity index (χ0n) is 6.77. The molecule has 0 radical (unpaired) electrons. The van der Waals surface area contributed by atoms with E-state index >= 15 is 0 Å². The number of hydrogen-bond donors (Lipinski definition) is 2. The molecule has 1 aromatic rings. The average Bonchev–Trinajstić information content (AvgIpc) is 2.53. The summed E-state index contributed by atoms with van der Waals surface area (Å²) < 4.78 is 0. The fraction of sp³-hybridized carbons (Fsp3) is 0.444. The van der Waals surface area contributed by atoms with Crippen LogP contribution in [0.3, 0.4) is 0 Å². The molecule has 0 spiro atoms. The van der Waals surface area contributed by atoms with Crippen LogP contribution in [-0.2, 0) is 0 Å². The second kappa shape index (κ2) is 3.21. The minimum atomic E-state index is -0.255. The van der Waals surface area contributed by atoms with Gasteiger partial charge in [0.15, 0.2) is 0 Å². The number of aromatic nitrogens is 1. The van der Waals surface area contributed by atoms with E-state index in [0.717, 1.165) is 12.1 Å². The molecule has 0 bridgehead atoms.